The van der Waals surface area contributed by atoms with Crippen LogP contribution in [0.5, 0.6) is 0 Å². The molecule has 1 N–H and O–H groups in total. The summed E-state index contributed by atoms with van der Waals surface area (Å²) in [5, 5.41) is 8.54. The molecule has 2 unspecified atom stereocenters. The molecule has 21 heavy (non-hydrogen) atoms. The SMILES string of the molecule is CCNC(c1c(Cl)cnn1CCOC)C1CN(C)CCO1. The molecule has 0 bridgehead atoms. The van der Waals surface area contributed by atoms with Crippen molar-refractivity contribution in [3.05, 3.63) is 16.9 Å². The Morgan fingerprint density at radius 1 is 1.62 bits per heavy atom. The quantitative estimate of drug-likeness (QED) is 0.818. The lowest BCUT2D eigenvalue weighted by Crippen LogP contribution is -2.47. The predicted octanol–water partition coefficient (Wildman–Crippen LogP) is 1.16. The molecule has 0 radical (unpaired) electrons. The molecule has 1 aromatic rings. The second-order valence-corrected chi connectivity index (χ2v) is 5.71. The van der Waals surface area contributed by atoms with Gasteiger partial charge in [0.2, 0.25) is 0 Å². The third-order valence-electron chi connectivity index (χ3n) is 3.73. The Kier molecular flexibility index (Phi) is 6.44. The number of rotatable bonds is 7. The fourth-order valence-electron chi connectivity index (χ4n) is 2.67. The summed E-state index contributed by atoms with van der Waals surface area (Å²) in [5.74, 6) is 0. The van der Waals surface area contributed by atoms with Crippen LogP contribution < -0.4 is 5.32 Å². The van der Waals surface area contributed by atoms with E-state index in [2.05, 4.69) is 29.3 Å². The second kappa shape index (κ2) is 8.10. The lowest BCUT2D eigenvalue weighted by Gasteiger charge is -2.35. The Hall–Kier alpha value is -0.660. The molecule has 2 heterocycles. The van der Waals surface area contributed by atoms with Gasteiger partial charge in [0.1, 0.15) is 0 Å². The van der Waals surface area contributed by atoms with Crippen LogP contribution in [0, 0.1) is 0 Å². The van der Waals surface area contributed by atoms with Crippen LogP contribution in [-0.4, -0.2) is 67.8 Å². The molecule has 2 atom stereocenters. The van der Waals surface area contributed by atoms with Gasteiger partial charge in [0.25, 0.3) is 0 Å². The Morgan fingerprint density at radius 2 is 2.43 bits per heavy atom. The summed E-state index contributed by atoms with van der Waals surface area (Å²) < 4.78 is 13.0. The Balaban J connectivity index is 2.22. The molecule has 0 aromatic carbocycles. The number of methoxy groups -OCH3 is 1. The summed E-state index contributed by atoms with van der Waals surface area (Å²) in [6.45, 7) is 6.81. The zero-order valence-corrected chi connectivity index (χ0v) is 13.8. The molecule has 1 saturated heterocycles. The van der Waals surface area contributed by atoms with E-state index in [9.17, 15) is 0 Å². The summed E-state index contributed by atoms with van der Waals surface area (Å²) in [4.78, 5) is 2.28. The molecule has 1 fully saturated rings. The van der Waals surface area contributed by atoms with Crippen molar-refractivity contribution in [3.63, 3.8) is 0 Å². The second-order valence-electron chi connectivity index (χ2n) is 5.30. The minimum absolute atomic E-state index is 0.0320. The maximum atomic E-state index is 6.38. The van der Waals surface area contributed by atoms with Crippen LogP contribution >= 0.6 is 11.6 Å². The van der Waals surface area contributed by atoms with Crippen molar-refractivity contribution in [1.29, 1.82) is 0 Å². The zero-order chi connectivity index (χ0) is 15.2. The van der Waals surface area contributed by atoms with Gasteiger partial charge in [-0.3, -0.25) is 4.68 Å². The Morgan fingerprint density at radius 3 is 3.10 bits per heavy atom. The first kappa shape index (κ1) is 16.7. The third kappa shape index (κ3) is 4.17. The number of ether oxygens (including phenoxy) is 2. The normalized spacial score (nSPS) is 21.6. The first-order valence-corrected chi connectivity index (χ1v) is 7.78. The summed E-state index contributed by atoms with van der Waals surface area (Å²) in [7, 11) is 3.80. The fraction of sp³-hybridized carbons (Fsp3) is 0.786. The molecule has 6 nitrogen and oxygen atoms in total. The van der Waals surface area contributed by atoms with Gasteiger partial charge in [0.05, 0.1) is 48.8 Å². The average Bonchev–Trinajstić information content (AvgIpc) is 2.83. The monoisotopic (exact) mass is 316 g/mol. The van der Waals surface area contributed by atoms with E-state index in [0.717, 1.165) is 31.9 Å². The highest BCUT2D eigenvalue weighted by molar-refractivity contribution is 6.31. The molecule has 0 spiro atoms. The largest absolute Gasteiger partial charge is 0.383 e. The highest BCUT2D eigenvalue weighted by atomic mass is 35.5. The van der Waals surface area contributed by atoms with Crippen LogP contribution in [0.25, 0.3) is 0 Å². The average molecular weight is 317 g/mol. The van der Waals surface area contributed by atoms with Crippen LogP contribution in [0.1, 0.15) is 18.7 Å². The van der Waals surface area contributed by atoms with Gasteiger partial charge in [0.15, 0.2) is 0 Å². The van der Waals surface area contributed by atoms with Gasteiger partial charge in [-0.2, -0.15) is 5.10 Å². The Labute approximate surface area is 131 Å². The fourth-order valence-corrected chi connectivity index (χ4v) is 2.93. The van der Waals surface area contributed by atoms with Crippen molar-refractivity contribution >= 4 is 11.6 Å². The van der Waals surface area contributed by atoms with Gasteiger partial charge in [0, 0.05) is 20.2 Å². The number of hydrogen-bond donors (Lipinski definition) is 1. The predicted molar refractivity (Wildman–Crippen MR) is 82.8 cm³/mol. The van der Waals surface area contributed by atoms with E-state index in [1.54, 1.807) is 13.3 Å². The Bertz CT molecular complexity index is 441. The first-order valence-electron chi connectivity index (χ1n) is 7.41. The molecule has 0 aliphatic carbocycles. The van der Waals surface area contributed by atoms with Crippen LogP contribution in [-0.2, 0) is 16.0 Å². The molecule has 0 saturated carbocycles. The van der Waals surface area contributed by atoms with E-state index in [1.165, 1.54) is 0 Å². The molecule has 2 rings (SSSR count). The standard InChI is InChI=1S/C14H25ClN4O2/c1-4-16-13(12-10-18(2)5-8-21-12)14-11(15)9-17-19(14)6-7-20-3/h9,12-13,16H,4-8,10H2,1-3H3. The van der Waals surface area contributed by atoms with Crippen LogP contribution in [0.15, 0.2) is 6.20 Å². The molecule has 1 aliphatic rings. The number of hydrogen-bond acceptors (Lipinski definition) is 5. The van der Waals surface area contributed by atoms with Crippen molar-refractivity contribution in [2.75, 3.05) is 47.0 Å². The van der Waals surface area contributed by atoms with Crippen LogP contribution in [0.2, 0.25) is 5.02 Å². The van der Waals surface area contributed by atoms with E-state index in [1.807, 2.05) is 4.68 Å². The number of aromatic nitrogens is 2. The van der Waals surface area contributed by atoms with Crippen LogP contribution in [0.3, 0.4) is 0 Å². The molecule has 0 amide bonds. The highest BCUT2D eigenvalue weighted by Crippen LogP contribution is 2.28. The lowest BCUT2D eigenvalue weighted by molar-refractivity contribution is -0.0405. The van der Waals surface area contributed by atoms with Gasteiger partial charge in [-0.15, -0.1) is 0 Å². The van der Waals surface area contributed by atoms with Gasteiger partial charge in [-0.25, -0.2) is 0 Å². The number of halogens is 1. The minimum atomic E-state index is 0.0320. The first-order chi connectivity index (χ1) is 10.2. The van der Waals surface area contributed by atoms with E-state index < -0.39 is 0 Å². The van der Waals surface area contributed by atoms with Gasteiger partial charge in [-0.1, -0.05) is 18.5 Å². The number of nitrogens with one attached hydrogen (secondary N) is 1. The summed E-state index contributed by atoms with van der Waals surface area (Å²) in [6, 6.07) is 0.0320. The van der Waals surface area contributed by atoms with Gasteiger partial charge < -0.3 is 19.7 Å². The molecule has 1 aromatic heterocycles. The van der Waals surface area contributed by atoms with E-state index in [-0.39, 0.29) is 12.1 Å². The van der Waals surface area contributed by atoms with E-state index in [4.69, 9.17) is 21.1 Å². The molecule has 120 valence electrons. The summed E-state index contributed by atoms with van der Waals surface area (Å²) >= 11 is 6.38. The molecule has 1 aliphatic heterocycles. The number of likely N-dealkylation sites (N-methyl/N-ethyl adjacent to an activating group) is 2. The maximum Gasteiger partial charge on any atom is 0.0912 e. The summed E-state index contributed by atoms with van der Waals surface area (Å²) in [5.41, 5.74) is 0.982. The van der Waals surface area contributed by atoms with Crippen molar-refractivity contribution in [2.45, 2.75) is 25.6 Å². The van der Waals surface area contributed by atoms with E-state index >= 15 is 0 Å². The maximum absolute atomic E-state index is 6.38. The third-order valence-corrected chi connectivity index (χ3v) is 4.02. The van der Waals surface area contributed by atoms with Crippen molar-refractivity contribution in [3.8, 4) is 0 Å². The van der Waals surface area contributed by atoms with E-state index in [0.29, 0.717) is 18.2 Å². The van der Waals surface area contributed by atoms with Crippen molar-refractivity contribution < 1.29 is 9.47 Å². The summed E-state index contributed by atoms with van der Waals surface area (Å²) in [6.07, 6.45) is 1.77. The minimum Gasteiger partial charge on any atom is -0.383 e. The van der Waals surface area contributed by atoms with Crippen molar-refractivity contribution in [2.24, 2.45) is 0 Å². The molecular formula is C14H25ClN4O2. The number of morpholine rings is 1. The zero-order valence-electron chi connectivity index (χ0n) is 13.0. The molecule has 7 heteroatoms. The van der Waals surface area contributed by atoms with Gasteiger partial charge >= 0.3 is 0 Å². The topological polar surface area (TPSA) is 51.5 Å². The van der Waals surface area contributed by atoms with Gasteiger partial charge in [-0.05, 0) is 13.6 Å². The van der Waals surface area contributed by atoms with Crippen molar-refractivity contribution in [1.82, 2.24) is 20.0 Å². The number of nitrogens with zero attached hydrogens (tertiary/aromatic N) is 3. The smallest absolute Gasteiger partial charge is 0.0912 e. The lowest BCUT2D eigenvalue weighted by atomic mass is 10.1. The van der Waals surface area contributed by atoms with Crippen LogP contribution in [0.4, 0.5) is 0 Å². The highest BCUT2D eigenvalue weighted by Gasteiger charge is 2.31. The molecular weight excluding hydrogens is 292 g/mol.